The third-order valence-electron chi connectivity index (χ3n) is 1.13. The van der Waals surface area contributed by atoms with Gasteiger partial charge in [-0.15, -0.1) is 0 Å². The second-order valence-corrected chi connectivity index (χ2v) is 20.8. The SMILES string of the molecule is Cl[CH2][Sn]([CH2]Cl)([CH2]Cl)[CH2]Cl. The van der Waals surface area contributed by atoms with Crippen LogP contribution >= 0.6 is 46.4 Å². The van der Waals surface area contributed by atoms with Crippen LogP contribution in [0.2, 0.25) is 0 Å². The Morgan fingerprint density at radius 2 is 0.889 bits per heavy atom. The Morgan fingerprint density at radius 3 is 0.889 bits per heavy atom. The summed E-state index contributed by atoms with van der Waals surface area (Å²) in [5.74, 6) is 0. The Bertz CT molecular complexity index is 55.5. The number of hydrogen-bond acceptors (Lipinski definition) is 0. The van der Waals surface area contributed by atoms with Gasteiger partial charge in [-0.05, 0) is 0 Å². The van der Waals surface area contributed by atoms with Gasteiger partial charge in [-0.1, -0.05) is 0 Å². The van der Waals surface area contributed by atoms with Gasteiger partial charge in [0.1, 0.15) is 0 Å². The van der Waals surface area contributed by atoms with Crippen molar-refractivity contribution >= 4 is 64.8 Å². The fourth-order valence-electron chi connectivity index (χ4n) is 0.214. The first-order valence-corrected chi connectivity index (χ1v) is 12.7. The van der Waals surface area contributed by atoms with Gasteiger partial charge in [-0.2, -0.15) is 0 Å². The second kappa shape index (κ2) is 5.59. The van der Waals surface area contributed by atoms with Crippen LogP contribution in [0.3, 0.4) is 0 Å². The maximum atomic E-state index is 5.66. The van der Waals surface area contributed by atoms with Crippen molar-refractivity contribution in [1.82, 2.24) is 0 Å². The van der Waals surface area contributed by atoms with Crippen molar-refractivity contribution in [1.29, 1.82) is 0 Å². The average Bonchev–Trinajstić information content (AvgIpc) is 1.95. The fraction of sp³-hybridized carbons (Fsp3) is 1.00. The van der Waals surface area contributed by atoms with E-state index in [1.54, 1.807) is 0 Å². The van der Waals surface area contributed by atoms with Crippen molar-refractivity contribution < 1.29 is 0 Å². The van der Waals surface area contributed by atoms with Crippen molar-refractivity contribution in [2.24, 2.45) is 0 Å². The van der Waals surface area contributed by atoms with E-state index in [4.69, 9.17) is 46.4 Å². The quantitative estimate of drug-likeness (QED) is 0.552. The first kappa shape index (κ1) is 11.0. The van der Waals surface area contributed by atoms with E-state index in [0.717, 1.165) is 0 Å². The second-order valence-electron chi connectivity index (χ2n) is 2.03. The van der Waals surface area contributed by atoms with E-state index in [9.17, 15) is 0 Å². The molecule has 0 aromatic carbocycles. The van der Waals surface area contributed by atoms with E-state index < -0.39 is 18.4 Å². The topological polar surface area (TPSA) is 0 Å². The third-order valence-corrected chi connectivity index (χ3v) is 22.8. The molecule has 0 aromatic heterocycles. The van der Waals surface area contributed by atoms with E-state index in [-0.39, 0.29) is 0 Å². The molecule has 0 spiro atoms. The summed E-state index contributed by atoms with van der Waals surface area (Å²) in [4.78, 5) is 0. The number of halogens is 4. The van der Waals surface area contributed by atoms with Crippen molar-refractivity contribution in [2.75, 3.05) is 15.6 Å². The van der Waals surface area contributed by atoms with E-state index in [1.807, 2.05) is 0 Å². The molecule has 0 N–H and O–H groups in total. The van der Waals surface area contributed by atoms with Crippen LogP contribution in [0.1, 0.15) is 0 Å². The summed E-state index contributed by atoms with van der Waals surface area (Å²) in [6, 6.07) is 0. The molecule has 0 aliphatic heterocycles. The van der Waals surface area contributed by atoms with Gasteiger partial charge in [0.25, 0.3) is 0 Å². The Labute approximate surface area is 79.7 Å². The van der Waals surface area contributed by atoms with Gasteiger partial charge in [-0.25, -0.2) is 0 Å². The maximum absolute atomic E-state index is 5.66. The molecule has 0 amide bonds. The van der Waals surface area contributed by atoms with Gasteiger partial charge in [0.2, 0.25) is 0 Å². The summed E-state index contributed by atoms with van der Waals surface area (Å²) in [6.07, 6.45) is 0. The van der Waals surface area contributed by atoms with Crippen LogP contribution in [0, 0.1) is 0 Å². The zero-order chi connectivity index (χ0) is 7.33. The van der Waals surface area contributed by atoms with Gasteiger partial charge in [0.05, 0.1) is 0 Å². The Kier molecular flexibility index (Phi) is 6.81. The number of hydrogen-bond donors (Lipinski definition) is 0. The van der Waals surface area contributed by atoms with E-state index in [2.05, 4.69) is 0 Å². The first-order chi connectivity index (χ1) is 4.24. The van der Waals surface area contributed by atoms with Gasteiger partial charge < -0.3 is 0 Å². The zero-order valence-corrected chi connectivity index (χ0v) is 10.7. The number of rotatable bonds is 4. The number of alkyl halides is 4. The van der Waals surface area contributed by atoms with E-state index >= 15 is 0 Å². The molecule has 56 valence electrons. The summed E-state index contributed by atoms with van der Waals surface area (Å²) >= 11 is 20.3. The molecule has 0 nitrogen and oxygen atoms in total. The summed E-state index contributed by atoms with van der Waals surface area (Å²) < 4.78 is 2.52. The molecule has 0 saturated carbocycles. The van der Waals surface area contributed by atoms with Gasteiger partial charge >= 0.3 is 80.4 Å². The van der Waals surface area contributed by atoms with Gasteiger partial charge in [0.15, 0.2) is 0 Å². The molecule has 0 atom stereocenters. The molecule has 0 rings (SSSR count). The summed E-state index contributed by atoms with van der Waals surface area (Å²) in [5, 5.41) is 0. The average molecular weight is 317 g/mol. The van der Waals surface area contributed by atoms with Crippen LogP contribution in [0.25, 0.3) is 0 Å². The third kappa shape index (κ3) is 3.24. The predicted octanol–water partition coefficient (Wildman–Crippen LogP) is 2.55. The van der Waals surface area contributed by atoms with Crippen LogP contribution in [-0.4, -0.2) is 34.0 Å². The van der Waals surface area contributed by atoms with Crippen LogP contribution in [0.5, 0.6) is 0 Å². The molecule has 9 heavy (non-hydrogen) atoms. The molecule has 0 heterocycles. The predicted molar refractivity (Wildman–Crippen MR) is 48.6 cm³/mol. The Hall–Kier alpha value is 1.96. The van der Waals surface area contributed by atoms with Gasteiger partial charge in [-0.3, -0.25) is 0 Å². The Balaban J connectivity index is 3.82. The molecule has 0 bridgehead atoms. The van der Waals surface area contributed by atoms with Crippen molar-refractivity contribution in [2.45, 2.75) is 0 Å². The summed E-state index contributed by atoms with van der Waals surface area (Å²) in [7, 11) is 0. The van der Waals surface area contributed by atoms with Crippen molar-refractivity contribution in [3.63, 3.8) is 0 Å². The van der Waals surface area contributed by atoms with Gasteiger partial charge in [0, 0.05) is 0 Å². The van der Waals surface area contributed by atoms with Crippen LogP contribution < -0.4 is 0 Å². The standard InChI is InChI=1S/4CH2Cl.Sn/c4*1-2;/h4*1H2;. The van der Waals surface area contributed by atoms with E-state index in [0.29, 0.717) is 15.6 Å². The minimum absolute atomic E-state index is 0.630. The molecule has 0 saturated heterocycles. The summed E-state index contributed by atoms with van der Waals surface area (Å²) in [5.41, 5.74) is 0. The molecular weight excluding hydrogens is 309 g/mol. The molecule has 0 aliphatic rings. The van der Waals surface area contributed by atoms with Crippen LogP contribution in [-0.2, 0) is 0 Å². The molecule has 0 aromatic rings. The van der Waals surface area contributed by atoms with Crippen LogP contribution in [0.15, 0.2) is 0 Å². The molecule has 5 heteroatoms. The normalized spacial score (nSPS) is 12.0. The molecule has 0 radical (unpaired) electrons. The molecular formula is C4H8Cl4Sn. The minimum atomic E-state index is -2.32. The monoisotopic (exact) mass is 316 g/mol. The molecule has 0 aliphatic carbocycles. The van der Waals surface area contributed by atoms with Crippen molar-refractivity contribution in [3.05, 3.63) is 0 Å². The molecule has 0 fully saturated rings. The molecule has 0 unspecified atom stereocenters. The van der Waals surface area contributed by atoms with Crippen molar-refractivity contribution in [3.8, 4) is 0 Å². The van der Waals surface area contributed by atoms with E-state index in [1.165, 1.54) is 0 Å². The van der Waals surface area contributed by atoms with Crippen LogP contribution in [0.4, 0.5) is 0 Å². The zero-order valence-electron chi connectivity index (χ0n) is 4.84. The fourth-order valence-corrected chi connectivity index (χ4v) is 12.9. The summed E-state index contributed by atoms with van der Waals surface area (Å²) in [6.45, 7) is 0. The first-order valence-electron chi connectivity index (χ1n) is 2.48. The Morgan fingerprint density at radius 1 is 0.667 bits per heavy atom.